The number of benzene rings is 2. The first kappa shape index (κ1) is 17.9. The Morgan fingerprint density at radius 3 is 2.59 bits per heavy atom. The maximum Gasteiger partial charge on any atom is 0.228 e. The van der Waals surface area contributed by atoms with Crippen LogP contribution >= 0.6 is 0 Å². The van der Waals surface area contributed by atoms with Gasteiger partial charge in [0.25, 0.3) is 0 Å². The predicted molar refractivity (Wildman–Crippen MR) is 98.1 cm³/mol. The Labute approximate surface area is 156 Å². The quantitative estimate of drug-likeness (QED) is 0.856. The third kappa shape index (κ3) is 3.67. The van der Waals surface area contributed by atoms with Crippen LogP contribution in [-0.4, -0.2) is 29.0 Å². The highest BCUT2D eigenvalue weighted by Gasteiger charge is 2.58. The number of carbonyl (C=O) groups excluding carboxylic acids is 1. The number of nitrogens with one attached hydrogen (secondary N) is 1. The molecule has 2 fully saturated rings. The minimum Gasteiger partial charge on any atom is -0.508 e. The fraction of sp³-hybridized carbons (Fsp3) is 0.381. The van der Waals surface area contributed by atoms with Gasteiger partial charge in [0.15, 0.2) is 11.6 Å². The fourth-order valence-corrected chi connectivity index (χ4v) is 4.12. The number of carbonyl (C=O) groups is 1. The molecule has 1 atom stereocenters. The van der Waals surface area contributed by atoms with Crippen molar-refractivity contribution in [3.8, 4) is 5.75 Å². The Morgan fingerprint density at radius 1 is 1.15 bits per heavy atom. The highest BCUT2D eigenvalue weighted by molar-refractivity contribution is 5.95. The molecule has 1 unspecified atom stereocenters. The molecule has 2 aromatic rings. The summed E-state index contributed by atoms with van der Waals surface area (Å²) in [7, 11) is 0. The summed E-state index contributed by atoms with van der Waals surface area (Å²) in [5.41, 5.74) is 1.23. The first-order valence-corrected chi connectivity index (χ1v) is 9.22. The maximum atomic E-state index is 13.3. The molecule has 2 aromatic carbocycles. The van der Waals surface area contributed by atoms with E-state index in [1.807, 2.05) is 18.2 Å². The molecular weight excluding hydrogens is 350 g/mol. The van der Waals surface area contributed by atoms with Crippen LogP contribution in [0.5, 0.6) is 5.75 Å². The SMILES string of the molecule is O=C(Nc1ccc(F)c(F)c1)C1CC12CCN(Cc1ccccc1O)CC2. The zero-order chi connectivity index (χ0) is 19.0. The summed E-state index contributed by atoms with van der Waals surface area (Å²) < 4.78 is 26.3. The van der Waals surface area contributed by atoms with Crippen LogP contribution < -0.4 is 5.32 Å². The lowest BCUT2D eigenvalue weighted by Gasteiger charge is -2.33. The van der Waals surface area contributed by atoms with Crippen LogP contribution in [0.2, 0.25) is 0 Å². The molecule has 1 spiro atoms. The van der Waals surface area contributed by atoms with Crippen molar-refractivity contribution in [3.63, 3.8) is 0 Å². The molecule has 0 bridgehead atoms. The Bertz CT molecular complexity index is 863. The molecule has 1 heterocycles. The molecule has 27 heavy (non-hydrogen) atoms. The van der Waals surface area contributed by atoms with E-state index >= 15 is 0 Å². The molecule has 4 nitrogen and oxygen atoms in total. The Kier molecular flexibility index (Phi) is 4.60. The molecule has 1 aliphatic carbocycles. The number of amides is 1. The highest BCUT2D eigenvalue weighted by Crippen LogP contribution is 2.59. The smallest absolute Gasteiger partial charge is 0.228 e. The summed E-state index contributed by atoms with van der Waals surface area (Å²) >= 11 is 0. The molecule has 6 heteroatoms. The molecule has 0 radical (unpaired) electrons. The standard InChI is InChI=1S/C21H22F2N2O2/c22-17-6-5-15(11-18(17)23)24-20(27)16-12-21(16)7-9-25(10-8-21)13-14-3-1-2-4-19(14)26/h1-6,11,16,26H,7-10,12-13H2,(H,24,27). The summed E-state index contributed by atoms with van der Waals surface area (Å²) in [6.45, 7) is 2.46. The zero-order valence-electron chi connectivity index (χ0n) is 14.9. The summed E-state index contributed by atoms with van der Waals surface area (Å²) in [5, 5.41) is 12.6. The molecule has 1 aliphatic heterocycles. The molecule has 4 rings (SSSR count). The lowest BCUT2D eigenvalue weighted by Crippen LogP contribution is -2.35. The van der Waals surface area contributed by atoms with E-state index in [2.05, 4.69) is 10.2 Å². The van der Waals surface area contributed by atoms with Crippen molar-refractivity contribution < 1.29 is 18.7 Å². The molecule has 0 aromatic heterocycles. The number of para-hydroxylation sites is 1. The van der Waals surface area contributed by atoms with E-state index < -0.39 is 11.6 Å². The van der Waals surface area contributed by atoms with Crippen molar-refractivity contribution in [3.05, 3.63) is 59.7 Å². The van der Waals surface area contributed by atoms with E-state index in [0.717, 1.165) is 50.0 Å². The number of hydrogen-bond donors (Lipinski definition) is 2. The normalized spacial score (nSPS) is 21.2. The summed E-state index contributed by atoms with van der Waals surface area (Å²) in [5.74, 6) is -1.76. The number of halogens is 2. The van der Waals surface area contributed by atoms with E-state index in [4.69, 9.17) is 0 Å². The van der Waals surface area contributed by atoms with Crippen LogP contribution in [-0.2, 0) is 11.3 Å². The summed E-state index contributed by atoms with van der Waals surface area (Å²) in [4.78, 5) is 14.8. The fourth-order valence-electron chi connectivity index (χ4n) is 4.12. The van der Waals surface area contributed by atoms with Crippen molar-refractivity contribution in [2.24, 2.45) is 11.3 Å². The second-order valence-electron chi connectivity index (χ2n) is 7.64. The molecular formula is C21H22F2N2O2. The van der Waals surface area contributed by atoms with Crippen molar-refractivity contribution in [1.29, 1.82) is 0 Å². The number of rotatable bonds is 4. The average Bonchev–Trinajstić information content (AvgIpc) is 3.36. The minimum atomic E-state index is -0.962. The van der Waals surface area contributed by atoms with E-state index in [9.17, 15) is 18.7 Å². The lowest BCUT2D eigenvalue weighted by molar-refractivity contribution is -0.118. The minimum absolute atomic E-state index is 0.0257. The van der Waals surface area contributed by atoms with Crippen LogP contribution in [0.25, 0.3) is 0 Å². The Balaban J connectivity index is 1.31. The van der Waals surface area contributed by atoms with Crippen LogP contribution in [0, 0.1) is 23.0 Å². The number of piperidine rings is 1. The monoisotopic (exact) mass is 372 g/mol. The molecule has 2 N–H and O–H groups in total. The van der Waals surface area contributed by atoms with Crippen LogP contribution in [0.3, 0.4) is 0 Å². The van der Waals surface area contributed by atoms with E-state index in [1.165, 1.54) is 6.07 Å². The van der Waals surface area contributed by atoms with Gasteiger partial charge >= 0.3 is 0 Å². The average molecular weight is 372 g/mol. The predicted octanol–water partition coefficient (Wildman–Crippen LogP) is 3.91. The van der Waals surface area contributed by atoms with Gasteiger partial charge < -0.3 is 10.4 Å². The second-order valence-corrected chi connectivity index (χ2v) is 7.64. The van der Waals surface area contributed by atoms with Gasteiger partial charge in [-0.05, 0) is 56.0 Å². The summed E-state index contributed by atoms with van der Waals surface area (Å²) in [6, 6.07) is 10.8. The maximum absolute atomic E-state index is 13.3. The molecule has 1 saturated heterocycles. The van der Waals surface area contributed by atoms with Gasteiger partial charge in [-0.2, -0.15) is 0 Å². The summed E-state index contributed by atoms with van der Waals surface area (Å²) in [6.07, 6.45) is 2.69. The Morgan fingerprint density at radius 2 is 1.89 bits per heavy atom. The van der Waals surface area contributed by atoms with Gasteiger partial charge in [0.1, 0.15) is 5.75 Å². The second kappa shape index (κ2) is 6.93. The first-order chi connectivity index (χ1) is 13.0. The molecule has 1 saturated carbocycles. The highest BCUT2D eigenvalue weighted by atomic mass is 19.2. The van der Waals surface area contributed by atoms with Crippen LogP contribution in [0.1, 0.15) is 24.8 Å². The number of phenols is 1. The number of anilines is 1. The van der Waals surface area contributed by atoms with Gasteiger partial charge in [-0.15, -0.1) is 0 Å². The van der Waals surface area contributed by atoms with Gasteiger partial charge in [0.2, 0.25) is 5.91 Å². The van der Waals surface area contributed by atoms with Crippen molar-refractivity contribution in [1.82, 2.24) is 4.90 Å². The van der Waals surface area contributed by atoms with Crippen LogP contribution in [0.15, 0.2) is 42.5 Å². The topological polar surface area (TPSA) is 52.6 Å². The van der Waals surface area contributed by atoms with E-state index in [0.29, 0.717) is 12.3 Å². The lowest BCUT2D eigenvalue weighted by atomic mass is 9.90. The zero-order valence-corrected chi connectivity index (χ0v) is 14.9. The van der Waals surface area contributed by atoms with Crippen LogP contribution in [0.4, 0.5) is 14.5 Å². The number of nitrogens with zero attached hydrogens (tertiary/aromatic N) is 1. The number of likely N-dealkylation sites (tertiary alicyclic amines) is 1. The molecule has 2 aliphatic rings. The Hall–Kier alpha value is -2.47. The number of phenolic OH excluding ortho intramolecular Hbond substituents is 1. The van der Waals surface area contributed by atoms with Crippen molar-refractivity contribution in [2.75, 3.05) is 18.4 Å². The third-order valence-corrected chi connectivity index (χ3v) is 5.93. The van der Waals surface area contributed by atoms with Crippen molar-refractivity contribution >= 4 is 11.6 Å². The largest absolute Gasteiger partial charge is 0.508 e. The van der Waals surface area contributed by atoms with E-state index in [-0.39, 0.29) is 22.9 Å². The van der Waals surface area contributed by atoms with Gasteiger partial charge in [0, 0.05) is 29.8 Å². The third-order valence-electron chi connectivity index (χ3n) is 5.93. The van der Waals surface area contributed by atoms with Gasteiger partial charge in [-0.1, -0.05) is 18.2 Å². The van der Waals surface area contributed by atoms with Crippen molar-refractivity contribution in [2.45, 2.75) is 25.8 Å². The first-order valence-electron chi connectivity index (χ1n) is 9.22. The van der Waals surface area contributed by atoms with Gasteiger partial charge in [-0.25, -0.2) is 8.78 Å². The van der Waals surface area contributed by atoms with E-state index in [1.54, 1.807) is 6.07 Å². The molecule has 142 valence electrons. The van der Waals surface area contributed by atoms with Gasteiger partial charge in [0.05, 0.1) is 0 Å². The van der Waals surface area contributed by atoms with Gasteiger partial charge in [-0.3, -0.25) is 9.69 Å². The number of hydrogen-bond acceptors (Lipinski definition) is 3. The molecule has 1 amide bonds. The number of aromatic hydroxyl groups is 1.